The maximum absolute atomic E-state index is 12.9. The number of ether oxygens (including phenoxy) is 1. The van der Waals surface area contributed by atoms with Crippen LogP contribution in [-0.4, -0.2) is 19.8 Å². The van der Waals surface area contributed by atoms with Crippen molar-refractivity contribution in [3.63, 3.8) is 0 Å². The number of nitrogens with two attached hydrogens (primary N) is 1. The van der Waals surface area contributed by atoms with Crippen LogP contribution in [0.15, 0.2) is 24.3 Å². The van der Waals surface area contributed by atoms with Gasteiger partial charge in [-0.1, -0.05) is 12.1 Å². The van der Waals surface area contributed by atoms with Gasteiger partial charge in [0.05, 0.1) is 12.7 Å². The molecule has 1 aromatic rings. The highest BCUT2D eigenvalue weighted by Gasteiger charge is 2.39. The van der Waals surface area contributed by atoms with Crippen molar-refractivity contribution in [3.05, 3.63) is 35.4 Å². The van der Waals surface area contributed by atoms with Crippen molar-refractivity contribution >= 4 is 5.97 Å². The van der Waals surface area contributed by atoms with Crippen LogP contribution in [0.5, 0.6) is 0 Å². The van der Waals surface area contributed by atoms with E-state index in [2.05, 4.69) is 4.74 Å². The molecule has 0 aliphatic carbocycles. The summed E-state index contributed by atoms with van der Waals surface area (Å²) in [4.78, 5) is 11.4. The van der Waals surface area contributed by atoms with Crippen LogP contribution >= 0.6 is 0 Å². The summed E-state index contributed by atoms with van der Waals surface area (Å²) in [5.41, 5.74) is 1.95. The first-order valence-electron chi connectivity index (χ1n) is 4.86. The van der Waals surface area contributed by atoms with Crippen molar-refractivity contribution in [2.75, 3.05) is 13.8 Å². The van der Waals surface area contributed by atoms with Gasteiger partial charge >= 0.3 is 12.1 Å². The molecule has 0 saturated heterocycles. The third-order valence-corrected chi connectivity index (χ3v) is 2.47. The number of methoxy groups -OCH3 is 1. The number of alkyl halides is 4. The fourth-order valence-corrected chi connectivity index (χ4v) is 1.40. The van der Waals surface area contributed by atoms with Crippen LogP contribution in [0.3, 0.4) is 0 Å². The number of esters is 1. The minimum Gasteiger partial charge on any atom is -0.467 e. The van der Waals surface area contributed by atoms with Crippen LogP contribution in [-0.2, 0) is 21.2 Å². The van der Waals surface area contributed by atoms with Gasteiger partial charge in [0.25, 0.3) is 0 Å². The highest BCUT2D eigenvalue weighted by Crippen LogP contribution is 2.32. The lowest BCUT2D eigenvalue weighted by atomic mass is 9.91. The van der Waals surface area contributed by atoms with E-state index in [4.69, 9.17) is 5.73 Å². The Balaban J connectivity index is 3.28. The lowest BCUT2D eigenvalue weighted by molar-refractivity contribution is -0.148. The first kappa shape index (κ1) is 14.4. The smallest absolute Gasteiger partial charge is 0.416 e. The van der Waals surface area contributed by atoms with Crippen LogP contribution in [0.25, 0.3) is 0 Å². The first-order chi connectivity index (χ1) is 8.25. The van der Waals surface area contributed by atoms with E-state index in [1.807, 2.05) is 0 Å². The predicted molar refractivity (Wildman–Crippen MR) is 55.3 cm³/mol. The summed E-state index contributed by atoms with van der Waals surface area (Å²) in [5.74, 6) is -1.13. The van der Waals surface area contributed by atoms with Gasteiger partial charge in [-0.3, -0.25) is 0 Å². The molecule has 1 atom stereocenters. The average molecular weight is 265 g/mol. The highest BCUT2D eigenvalue weighted by atomic mass is 19.4. The molecule has 1 aromatic carbocycles. The summed E-state index contributed by atoms with van der Waals surface area (Å²) in [6, 6.07) is 3.64. The summed E-state index contributed by atoms with van der Waals surface area (Å²) in [6.45, 7) is -1.36. The van der Waals surface area contributed by atoms with E-state index in [9.17, 15) is 22.4 Å². The molecule has 0 amide bonds. The summed E-state index contributed by atoms with van der Waals surface area (Å²) in [6.07, 6.45) is -4.59. The number of halogens is 4. The summed E-state index contributed by atoms with van der Waals surface area (Å²) in [7, 11) is 0.979. The van der Waals surface area contributed by atoms with E-state index in [1.165, 1.54) is 0 Å². The fourth-order valence-electron chi connectivity index (χ4n) is 1.40. The zero-order chi connectivity index (χ0) is 14.0. The van der Waals surface area contributed by atoms with Crippen molar-refractivity contribution in [1.82, 2.24) is 0 Å². The van der Waals surface area contributed by atoms with E-state index in [1.54, 1.807) is 0 Å². The molecule has 0 radical (unpaired) electrons. The molecule has 0 heterocycles. The minimum absolute atomic E-state index is 0.285. The number of carbonyl (C=O) groups excluding carboxylic acids is 1. The maximum Gasteiger partial charge on any atom is 0.416 e. The molecule has 2 N–H and O–H groups in total. The van der Waals surface area contributed by atoms with E-state index >= 15 is 0 Å². The van der Waals surface area contributed by atoms with Crippen molar-refractivity contribution in [2.45, 2.75) is 11.7 Å². The molecule has 0 saturated carbocycles. The third kappa shape index (κ3) is 2.61. The zero-order valence-corrected chi connectivity index (χ0v) is 9.42. The number of hydrogen-bond acceptors (Lipinski definition) is 3. The molecule has 0 bridgehead atoms. The number of hydrogen-bond donors (Lipinski definition) is 1. The van der Waals surface area contributed by atoms with Crippen LogP contribution < -0.4 is 5.73 Å². The number of rotatable bonds is 3. The molecule has 3 nitrogen and oxygen atoms in total. The molecule has 18 heavy (non-hydrogen) atoms. The Hall–Kier alpha value is -1.63. The van der Waals surface area contributed by atoms with Gasteiger partial charge < -0.3 is 10.5 Å². The molecule has 0 aromatic heterocycles. The molecule has 7 heteroatoms. The van der Waals surface area contributed by atoms with Crippen molar-refractivity contribution < 1.29 is 27.1 Å². The van der Waals surface area contributed by atoms with Gasteiger partial charge in [0.1, 0.15) is 6.67 Å². The van der Waals surface area contributed by atoms with E-state index in [0.717, 1.165) is 25.3 Å². The van der Waals surface area contributed by atoms with Gasteiger partial charge in [0.15, 0.2) is 5.54 Å². The number of carbonyl (C=O) groups is 1. The third-order valence-electron chi connectivity index (χ3n) is 2.47. The van der Waals surface area contributed by atoms with Crippen LogP contribution in [0, 0.1) is 0 Å². The molecule has 1 rings (SSSR count). The average Bonchev–Trinajstić information content (AvgIpc) is 2.36. The molecule has 0 aliphatic heterocycles. The zero-order valence-electron chi connectivity index (χ0n) is 9.42. The Morgan fingerprint density at radius 1 is 1.33 bits per heavy atom. The van der Waals surface area contributed by atoms with Crippen molar-refractivity contribution in [1.29, 1.82) is 0 Å². The summed E-state index contributed by atoms with van der Waals surface area (Å²) < 4.78 is 54.7. The maximum atomic E-state index is 12.9. The summed E-state index contributed by atoms with van der Waals surface area (Å²) in [5, 5.41) is 0. The van der Waals surface area contributed by atoms with Crippen LogP contribution in [0.4, 0.5) is 17.6 Å². The first-order valence-corrected chi connectivity index (χ1v) is 4.86. The summed E-state index contributed by atoms with van der Waals surface area (Å²) >= 11 is 0. The SMILES string of the molecule is COC(=O)C(N)(CF)c1cccc(C(F)(F)F)c1. The lowest BCUT2D eigenvalue weighted by Gasteiger charge is -2.24. The lowest BCUT2D eigenvalue weighted by Crippen LogP contribution is -2.47. The predicted octanol–water partition coefficient (Wildman–Crippen LogP) is 2.00. The second kappa shape index (κ2) is 4.93. The standard InChI is InChI=1S/C11H11F4NO2/c1-18-9(17)10(16,6-12)7-3-2-4-8(5-7)11(13,14)15/h2-5H,6,16H2,1H3. The van der Waals surface area contributed by atoms with E-state index in [-0.39, 0.29) is 5.56 Å². The van der Waals surface area contributed by atoms with Gasteiger partial charge in [-0.25, -0.2) is 9.18 Å². The normalized spacial score (nSPS) is 15.0. The van der Waals surface area contributed by atoms with Gasteiger partial charge in [-0.05, 0) is 17.7 Å². The quantitative estimate of drug-likeness (QED) is 0.671. The van der Waals surface area contributed by atoms with E-state index in [0.29, 0.717) is 6.07 Å². The van der Waals surface area contributed by atoms with E-state index < -0.39 is 29.9 Å². The Bertz CT molecular complexity index is 447. The monoisotopic (exact) mass is 265 g/mol. The van der Waals surface area contributed by atoms with Gasteiger partial charge in [0, 0.05) is 0 Å². The Kier molecular flexibility index (Phi) is 3.95. The highest BCUT2D eigenvalue weighted by molar-refractivity contribution is 5.82. The Morgan fingerprint density at radius 2 is 1.89 bits per heavy atom. The van der Waals surface area contributed by atoms with Gasteiger partial charge in [-0.15, -0.1) is 0 Å². The molecule has 0 fully saturated rings. The number of benzene rings is 1. The molecule has 0 aliphatic rings. The molecule has 0 spiro atoms. The van der Waals surface area contributed by atoms with Crippen molar-refractivity contribution in [2.24, 2.45) is 5.73 Å². The fraction of sp³-hybridized carbons (Fsp3) is 0.364. The Morgan fingerprint density at radius 3 is 2.33 bits per heavy atom. The Labute approximate surface area is 101 Å². The molecule has 100 valence electrons. The molecule has 1 unspecified atom stereocenters. The second-order valence-corrected chi connectivity index (χ2v) is 3.68. The van der Waals surface area contributed by atoms with Gasteiger partial charge in [0.2, 0.25) is 0 Å². The minimum atomic E-state index is -4.59. The molecular weight excluding hydrogens is 254 g/mol. The molecular formula is C11H11F4NO2. The second-order valence-electron chi connectivity index (χ2n) is 3.68. The van der Waals surface area contributed by atoms with Crippen molar-refractivity contribution in [3.8, 4) is 0 Å². The van der Waals surface area contributed by atoms with Crippen LogP contribution in [0.2, 0.25) is 0 Å². The van der Waals surface area contributed by atoms with Gasteiger partial charge in [-0.2, -0.15) is 13.2 Å². The van der Waals surface area contributed by atoms with Crippen LogP contribution in [0.1, 0.15) is 11.1 Å². The largest absolute Gasteiger partial charge is 0.467 e. The topological polar surface area (TPSA) is 52.3 Å².